The summed E-state index contributed by atoms with van der Waals surface area (Å²) in [6, 6.07) is 9.59. The van der Waals surface area contributed by atoms with Gasteiger partial charge in [-0.3, -0.25) is 4.79 Å². The highest BCUT2D eigenvalue weighted by Crippen LogP contribution is 2.41. The summed E-state index contributed by atoms with van der Waals surface area (Å²) in [7, 11) is 0. The SMILES string of the molecule is O=C1COc2c(c(Cl)cc3ccccc23)N1. The second-order valence-electron chi connectivity index (χ2n) is 3.62. The zero-order valence-electron chi connectivity index (χ0n) is 8.29. The lowest BCUT2D eigenvalue weighted by Crippen LogP contribution is -2.25. The maximum Gasteiger partial charge on any atom is 0.262 e. The van der Waals surface area contributed by atoms with E-state index in [1.807, 2.05) is 30.3 Å². The quantitative estimate of drug-likeness (QED) is 0.760. The molecule has 1 aliphatic rings. The second-order valence-corrected chi connectivity index (χ2v) is 4.03. The van der Waals surface area contributed by atoms with Gasteiger partial charge in [0.25, 0.3) is 5.91 Å². The first-order chi connectivity index (χ1) is 7.75. The Hall–Kier alpha value is -1.74. The van der Waals surface area contributed by atoms with Crippen LogP contribution >= 0.6 is 11.6 Å². The van der Waals surface area contributed by atoms with E-state index >= 15 is 0 Å². The molecule has 0 radical (unpaired) electrons. The summed E-state index contributed by atoms with van der Waals surface area (Å²) in [5.74, 6) is 0.479. The number of anilines is 1. The Balaban J connectivity index is 2.36. The molecule has 3 rings (SSSR count). The number of halogens is 1. The smallest absolute Gasteiger partial charge is 0.262 e. The molecule has 1 aliphatic heterocycles. The van der Waals surface area contributed by atoms with E-state index in [4.69, 9.17) is 16.3 Å². The highest BCUT2D eigenvalue weighted by atomic mass is 35.5. The van der Waals surface area contributed by atoms with Crippen molar-refractivity contribution in [1.82, 2.24) is 0 Å². The molecule has 0 aliphatic carbocycles. The lowest BCUT2D eigenvalue weighted by Gasteiger charge is -2.20. The number of benzene rings is 2. The van der Waals surface area contributed by atoms with E-state index in [0.717, 1.165) is 10.8 Å². The molecule has 0 unspecified atom stereocenters. The van der Waals surface area contributed by atoms with Gasteiger partial charge in [-0.05, 0) is 11.5 Å². The highest BCUT2D eigenvalue weighted by Gasteiger charge is 2.21. The number of amides is 1. The summed E-state index contributed by atoms with van der Waals surface area (Å²) in [6.45, 7) is 0.0390. The molecule has 0 saturated heterocycles. The number of carbonyl (C=O) groups is 1. The van der Waals surface area contributed by atoms with E-state index in [1.54, 1.807) is 0 Å². The maximum absolute atomic E-state index is 11.2. The predicted molar refractivity (Wildman–Crippen MR) is 63.1 cm³/mol. The number of ether oxygens (including phenoxy) is 1. The van der Waals surface area contributed by atoms with Crippen LogP contribution in [0.4, 0.5) is 5.69 Å². The van der Waals surface area contributed by atoms with Gasteiger partial charge in [0, 0.05) is 5.39 Å². The second kappa shape index (κ2) is 3.39. The largest absolute Gasteiger partial charge is 0.481 e. The number of hydrogen-bond donors (Lipinski definition) is 1. The molecule has 16 heavy (non-hydrogen) atoms. The molecular weight excluding hydrogens is 226 g/mol. The fourth-order valence-electron chi connectivity index (χ4n) is 1.86. The number of rotatable bonds is 0. The fourth-order valence-corrected chi connectivity index (χ4v) is 2.11. The van der Waals surface area contributed by atoms with E-state index in [0.29, 0.717) is 16.5 Å². The first-order valence-electron chi connectivity index (χ1n) is 4.89. The van der Waals surface area contributed by atoms with Gasteiger partial charge >= 0.3 is 0 Å². The third-order valence-corrected chi connectivity index (χ3v) is 2.86. The van der Waals surface area contributed by atoms with Crippen LogP contribution in [0.5, 0.6) is 5.75 Å². The Labute approximate surface area is 97.0 Å². The molecule has 80 valence electrons. The Morgan fingerprint density at radius 3 is 3.00 bits per heavy atom. The van der Waals surface area contributed by atoms with Crippen molar-refractivity contribution in [3.63, 3.8) is 0 Å². The third kappa shape index (κ3) is 1.32. The van der Waals surface area contributed by atoms with Crippen LogP contribution in [0.15, 0.2) is 30.3 Å². The average molecular weight is 234 g/mol. The standard InChI is InChI=1S/C12H8ClNO2/c13-9-5-7-3-1-2-4-8(7)12-11(9)14-10(15)6-16-12/h1-5H,6H2,(H,14,15). The van der Waals surface area contributed by atoms with Crippen LogP contribution in [0.2, 0.25) is 5.02 Å². The summed E-state index contributed by atoms with van der Waals surface area (Å²) < 4.78 is 5.43. The molecule has 0 fully saturated rings. The lowest BCUT2D eigenvalue weighted by molar-refractivity contribution is -0.118. The molecule has 0 spiro atoms. The Kier molecular flexibility index (Phi) is 2.01. The van der Waals surface area contributed by atoms with Crippen LogP contribution in [0.3, 0.4) is 0 Å². The van der Waals surface area contributed by atoms with Crippen molar-refractivity contribution in [3.8, 4) is 5.75 Å². The van der Waals surface area contributed by atoms with Crippen LogP contribution < -0.4 is 10.1 Å². The van der Waals surface area contributed by atoms with Gasteiger partial charge in [0.15, 0.2) is 12.4 Å². The molecule has 0 atom stereocenters. The molecular formula is C12H8ClNO2. The van der Waals surface area contributed by atoms with E-state index < -0.39 is 0 Å². The van der Waals surface area contributed by atoms with Gasteiger partial charge < -0.3 is 10.1 Å². The molecule has 2 aromatic carbocycles. The van der Waals surface area contributed by atoms with Crippen LogP contribution in [0.1, 0.15) is 0 Å². The zero-order valence-corrected chi connectivity index (χ0v) is 9.04. The number of carbonyl (C=O) groups excluding carboxylic acids is 1. The van der Waals surface area contributed by atoms with E-state index in [-0.39, 0.29) is 12.5 Å². The molecule has 1 amide bonds. The van der Waals surface area contributed by atoms with Crippen molar-refractivity contribution in [2.45, 2.75) is 0 Å². The zero-order chi connectivity index (χ0) is 11.1. The van der Waals surface area contributed by atoms with Crippen molar-refractivity contribution in [1.29, 1.82) is 0 Å². The number of fused-ring (bicyclic) bond motifs is 3. The summed E-state index contributed by atoms with van der Waals surface area (Å²) in [4.78, 5) is 11.2. The van der Waals surface area contributed by atoms with Crippen LogP contribution in [-0.2, 0) is 4.79 Å². The fraction of sp³-hybridized carbons (Fsp3) is 0.0833. The maximum atomic E-state index is 11.2. The summed E-state index contributed by atoms with van der Waals surface area (Å²) in [5, 5.41) is 5.19. The normalized spacial score (nSPS) is 14.2. The van der Waals surface area contributed by atoms with Gasteiger partial charge in [-0.15, -0.1) is 0 Å². The molecule has 3 nitrogen and oxygen atoms in total. The van der Waals surface area contributed by atoms with Gasteiger partial charge in [0.2, 0.25) is 0 Å². The average Bonchev–Trinajstić information content (AvgIpc) is 2.29. The number of hydrogen-bond acceptors (Lipinski definition) is 2. The van der Waals surface area contributed by atoms with Crippen LogP contribution in [0, 0.1) is 0 Å². The first kappa shape index (κ1) is 9.48. The summed E-state index contributed by atoms with van der Waals surface area (Å²) in [5.41, 5.74) is 0.566. The molecule has 2 aromatic rings. The minimum absolute atomic E-state index is 0.0390. The van der Waals surface area contributed by atoms with E-state index in [2.05, 4.69) is 5.32 Å². The summed E-state index contributed by atoms with van der Waals surface area (Å²) in [6.07, 6.45) is 0. The highest BCUT2D eigenvalue weighted by molar-refractivity contribution is 6.35. The van der Waals surface area contributed by atoms with Gasteiger partial charge in [-0.1, -0.05) is 35.9 Å². The van der Waals surface area contributed by atoms with Crippen molar-refractivity contribution < 1.29 is 9.53 Å². The monoisotopic (exact) mass is 233 g/mol. The molecule has 0 bridgehead atoms. The number of nitrogens with one attached hydrogen (secondary N) is 1. The van der Waals surface area contributed by atoms with Crippen LogP contribution in [-0.4, -0.2) is 12.5 Å². The van der Waals surface area contributed by atoms with Gasteiger partial charge in [0.05, 0.1) is 5.02 Å². The molecule has 0 saturated carbocycles. The Morgan fingerprint density at radius 1 is 1.31 bits per heavy atom. The van der Waals surface area contributed by atoms with Crippen molar-refractivity contribution in [2.75, 3.05) is 11.9 Å². The molecule has 0 aromatic heterocycles. The Morgan fingerprint density at radius 2 is 2.12 bits per heavy atom. The van der Waals surface area contributed by atoms with Gasteiger partial charge in [0.1, 0.15) is 5.69 Å². The van der Waals surface area contributed by atoms with E-state index in [9.17, 15) is 4.79 Å². The third-order valence-electron chi connectivity index (χ3n) is 2.57. The molecule has 1 heterocycles. The van der Waals surface area contributed by atoms with Crippen molar-refractivity contribution >= 4 is 34.0 Å². The summed E-state index contributed by atoms with van der Waals surface area (Å²) >= 11 is 6.09. The van der Waals surface area contributed by atoms with Crippen molar-refractivity contribution in [3.05, 3.63) is 35.4 Å². The minimum atomic E-state index is -0.176. The Bertz CT molecular complexity index is 595. The van der Waals surface area contributed by atoms with Gasteiger partial charge in [-0.25, -0.2) is 0 Å². The predicted octanol–water partition coefficient (Wildman–Crippen LogP) is 2.82. The topological polar surface area (TPSA) is 38.3 Å². The first-order valence-corrected chi connectivity index (χ1v) is 5.27. The lowest BCUT2D eigenvalue weighted by atomic mass is 10.1. The van der Waals surface area contributed by atoms with Crippen molar-refractivity contribution in [2.24, 2.45) is 0 Å². The van der Waals surface area contributed by atoms with Gasteiger partial charge in [-0.2, -0.15) is 0 Å². The molecule has 4 heteroatoms. The van der Waals surface area contributed by atoms with Crippen LogP contribution in [0.25, 0.3) is 10.8 Å². The minimum Gasteiger partial charge on any atom is -0.481 e. The molecule has 1 N–H and O–H groups in total. The van der Waals surface area contributed by atoms with E-state index in [1.165, 1.54) is 0 Å².